The van der Waals surface area contributed by atoms with Gasteiger partial charge in [0.15, 0.2) is 5.78 Å². The second-order valence-corrected chi connectivity index (χ2v) is 4.68. The molecule has 0 spiro atoms. The highest BCUT2D eigenvalue weighted by atomic mass is 79.9. The van der Waals surface area contributed by atoms with Crippen LogP contribution in [0, 0.1) is 0 Å². The monoisotopic (exact) mass is 280 g/mol. The van der Waals surface area contributed by atoms with Crippen LogP contribution in [-0.2, 0) is 0 Å². The zero-order valence-electron chi connectivity index (χ0n) is 8.82. The molecule has 1 aromatic carbocycles. The normalized spacial score (nSPS) is 15.1. The number of hydrogen-bond acceptors (Lipinski definition) is 3. The maximum Gasteiger partial charge on any atom is 0.182 e. The first-order valence-corrected chi connectivity index (χ1v) is 5.95. The van der Waals surface area contributed by atoms with Crippen LogP contribution in [0.4, 0.5) is 0 Å². The molecule has 0 unspecified atom stereocenters. The van der Waals surface area contributed by atoms with E-state index >= 15 is 0 Å². The molecule has 0 amide bonds. The first kappa shape index (κ1) is 11.2. The van der Waals surface area contributed by atoms with Gasteiger partial charge in [-0.2, -0.15) is 0 Å². The van der Waals surface area contributed by atoms with Crippen molar-refractivity contribution < 1.29 is 4.79 Å². The Hall–Kier alpha value is -1.29. The maximum absolute atomic E-state index is 11.9. The van der Waals surface area contributed by atoms with Gasteiger partial charge in [-0.25, -0.2) is 0 Å². The number of carbonyl (C=O) groups is 1. The lowest BCUT2D eigenvalue weighted by molar-refractivity contribution is 0.0953. The second-order valence-electron chi connectivity index (χ2n) is 3.77. The molecule has 84 valence electrons. The highest BCUT2D eigenvalue weighted by molar-refractivity contribution is 9.10. The van der Waals surface area contributed by atoms with Crippen molar-refractivity contribution in [3.63, 3.8) is 0 Å². The molecule has 2 rings (SSSR count). The average Bonchev–Trinajstić information content (AvgIpc) is 2.65. The Morgan fingerprint density at radius 1 is 1.38 bits per heavy atom. The lowest BCUT2D eigenvalue weighted by Crippen LogP contribution is -2.30. The first-order valence-electron chi connectivity index (χ1n) is 5.16. The van der Waals surface area contributed by atoms with Gasteiger partial charge in [0.1, 0.15) is 0 Å². The largest absolute Gasteiger partial charge is 0.386 e. The van der Waals surface area contributed by atoms with Crippen molar-refractivity contribution >= 4 is 21.7 Å². The van der Waals surface area contributed by atoms with Gasteiger partial charge in [-0.05, 0) is 24.6 Å². The van der Waals surface area contributed by atoms with Crippen LogP contribution in [0.25, 0.3) is 0 Å². The Morgan fingerprint density at radius 2 is 2.06 bits per heavy atom. The number of nitrogens with zero attached hydrogens (tertiary/aromatic N) is 1. The molecule has 16 heavy (non-hydrogen) atoms. The SMILES string of the molecule is NC1=CCCN1CC(=O)c1ccc(Br)cc1. The molecule has 1 aliphatic rings. The topological polar surface area (TPSA) is 46.3 Å². The fourth-order valence-electron chi connectivity index (χ4n) is 1.70. The van der Waals surface area contributed by atoms with E-state index < -0.39 is 0 Å². The molecular formula is C12H13BrN2O. The molecular weight excluding hydrogens is 268 g/mol. The van der Waals surface area contributed by atoms with E-state index in [0.717, 1.165) is 23.0 Å². The van der Waals surface area contributed by atoms with E-state index in [1.165, 1.54) is 0 Å². The molecule has 0 radical (unpaired) electrons. The summed E-state index contributed by atoms with van der Waals surface area (Å²) in [5.41, 5.74) is 6.48. The summed E-state index contributed by atoms with van der Waals surface area (Å²) in [6.07, 6.45) is 2.88. The van der Waals surface area contributed by atoms with E-state index in [0.29, 0.717) is 12.4 Å². The van der Waals surface area contributed by atoms with E-state index in [1.807, 2.05) is 35.2 Å². The number of carbonyl (C=O) groups excluding carboxylic acids is 1. The zero-order chi connectivity index (χ0) is 11.5. The molecule has 3 nitrogen and oxygen atoms in total. The fraction of sp³-hybridized carbons (Fsp3) is 0.250. The minimum Gasteiger partial charge on any atom is -0.386 e. The van der Waals surface area contributed by atoms with Gasteiger partial charge >= 0.3 is 0 Å². The van der Waals surface area contributed by atoms with Crippen LogP contribution >= 0.6 is 15.9 Å². The van der Waals surface area contributed by atoms with Crippen molar-refractivity contribution in [2.45, 2.75) is 6.42 Å². The van der Waals surface area contributed by atoms with Crippen molar-refractivity contribution in [2.24, 2.45) is 5.73 Å². The molecule has 0 atom stereocenters. The summed E-state index contributed by atoms with van der Waals surface area (Å²) in [5.74, 6) is 0.816. The van der Waals surface area contributed by atoms with Crippen LogP contribution in [0.15, 0.2) is 40.6 Å². The summed E-state index contributed by atoms with van der Waals surface area (Å²) in [4.78, 5) is 13.8. The molecule has 1 heterocycles. The lowest BCUT2D eigenvalue weighted by Gasteiger charge is -2.18. The third kappa shape index (κ3) is 2.44. The Labute approximate surface area is 103 Å². The molecule has 1 aliphatic heterocycles. The standard InChI is InChI=1S/C12H13BrN2O/c13-10-5-3-9(4-6-10)11(16)8-15-7-1-2-12(15)14/h2-6H,1,7-8,14H2. The summed E-state index contributed by atoms with van der Waals surface area (Å²) in [7, 11) is 0. The van der Waals surface area contributed by atoms with Crippen LogP contribution in [0.2, 0.25) is 0 Å². The predicted octanol–water partition coefficient (Wildman–Crippen LogP) is 2.14. The van der Waals surface area contributed by atoms with Crippen LogP contribution in [0.3, 0.4) is 0 Å². The van der Waals surface area contributed by atoms with E-state index in [-0.39, 0.29) is 5.78 Å². The summed E-state index contributed by atoms with van der Waals surface area (Å²) in [6.45, 7) is 1.21. The van der Waals surface area contributed by atoms with Crippen molar-refractivity contribution in [2.75, 3.05) is 13.1 Å². The van der Waals surface area contributed by atoms with Crippen molar-refractivity contribution in [1.82, 2.24) is 4.90 Å². The summed E-state index contributed by atoms with van der Waals surface area (Å²) >= 11 is 3.34. The van der Waals surface area contributed by atoms with Crippen LogP contribution < -0.4 is 5.73 Å². The Balaban J connectivity index is 2.03. The van der Waals surface area contributed by atoms with Crippen molar-refractivity contribution in [1.29, 1.82) is 0 Å². The third-order valence-corrected chi connectivity index (χ3v) is 3.15. The van der Waals surface area contributed by atoms with Gasteiger partial charge in [0.2, 0.25) is 0 Å². The quantitative estimate of drug-likeness (QED) is 0.863. The fourth-order valence-corrected chi connectivity index (χ4v) is 1.96. The molecule has 0 saturated heterocycles. The molecule has 0 aliphatic carbocycles. The van der Waals surface area contributed by atoms with E-state index in [1.54, 1.807) is 0 Å². The Kier molecular flexibility index (Phi) is 3.29. The number of ketones is 1. The zero-order valence-corrected chi connectivity index (χ0v) is 10.4. The Morgan fingerprint density at radius 3 is 2.62 bits per heavy atom. The summed E-state index contributed by atoms with van der Waals surface area (Å²) < 4.78 is 0.977. The van der Waals surface area contributed by atoms with Crippen molar-refractivity contribution in [3.8, 4) is 0 Å². The van der Waals surface area contributed by atoms with Gasteiger partial charge in [-0.3, -0.25) is 4.79 Å². The predicted molar refractivity (Wildman–Crippen MR) is 66.9 cm³/mol. The number of rotatable bonds is 3. The van der Waals surface area contributed by atoms with E-state index in [2.05, 4.69) is 15.9 Å². The van der Waals surface area contributed by atoms with Crippen LogP contribution in [0.1, 0.15) is 16.8 Å². The second kappa shape index (κ2) is 4.70. The lowest BCUT2D eigenvalue weighted by atomic mass is 10.1. The molecule has 0 bridgehead atoms. The van der Waals surface area contributed by atoms with E-state index in [4.69, 9.17) is 5.73 Å². The average molecular weight is 281 g/mol. The molecule has 2 N–H and O–H groups in total. The first-order chi connectivity index (χ1) is 7.66. The summed E-state index contributed by atoms with van der Waals surface area (Å²) in [6, 6.07) is 7.39. The van der Waals surface area contributed by atoms with Gasteiger partial charge in [-0.1, -0.05) is 28.1 Å². The van der Waals surface area contributed by atoms with Crippen LogP contribution in [0.5, 0.6) is 0 Å². The number of nitrogens with two attached hydrogens (primary N) is 1. The number of hydrogen-bond donors (Lipinski definition) is 1. The molecule has 0 saturated carbocycles. The minimum atomic E-state index is 0.103. The molecule has 1 aromatic rings. The number of halogens is 1. The summed E-state index contributed by atoms with van der Waals surface area (Å²) in [5, 5.41) is 0. The highest BCUT2D eigenvalue weighted by Crippen LogP contribution is 2.14. The van der Waals surface area contributed by atoms with Gasteiger partial charge in [0, 0.05) is 16.6 Å². The Bertz CT molecular complexity index is 425. The van der Waals surface area contributed by atoms with Gasteiger partial charge < -0.3 is 10.6 Å². The smallest absolute Gasteiger partial charge is 0.182 e. The molecule has 0 aromatic heterocycles. The number of Topliss-reactive ketones (excluding diaryl/α,β-unsaturated/α-hetero) is 1. The van der Waals surface area contributed by atoms with Crippen molar-refractivity contribution in [3.05, 3.63) is 46.2 Å². The highest BCUT2D eigenvalue weighted by Gasteiger charge is 2.16. The van der Waals surface area contributed by atoms with Crippen LogP contribution in [-0.4, -0.2) is 23.8 Å². The number of benzene rings is 1. The molecule has 0 fully saturated rings. The van der Waals surface area contributed by atoms with Gasteiger partial charge in [-0.15, -0.1) is 0 Å². The molecule has 4 heteroatoms. The van der Waals surface area contributed by atoms with Gasteiger partial charge in [0.05, 0.1) is 12.4 Å². The van der Waals surface area contributed by atoms with Gasteiger partial charge in [0.25, 0.3) is 0 Å². The van der Waals surface area contributed by atoms with E-state index in [9.17, 15) is 4.79 Å². The minimum absolute atomic E-state index is 0.103. The third-order valence-electron chi connectivity index (χ3n) is 2.62. The maximum atomic E-state index is 11.9.